The van der Waals surface area contributed by atoms with Gasteiger partial charge in [0, 0.05) is 29.9 Å². The van der Waals surface area contributed by atoms with Crippen LogP contribution >= 0.6 is 0 Å². The van der Waals surface area contributed by atoms with Gasteiger partial charge in [0.2, 0.25) is 0 Å². The van der Waals surface area contributed by atoms with E-state index in [1.165, 1.54) is 12.3 Å². The molecule has 3 aromatic rings. The van der Waals surface area contributed by atoms with Crippen molar-refractivity contribution in [3.05, 3.63) is 35.9 Å². The molecule has 3 aromatic heterocycles. The summed E-state index contributed by atoms with van der Waals surface area (Å²) in [6.07, 6.45) is 3.03. The van der Waals surface area contributed by atoms with Crippen LogP contribution in [0.25, 0.3) is 11.3 Å². The van der Waals surface area contributed by atoms with E-state index in [1.807, 2.05) is 30.3 Å². The molecular weight excluding hydrogens is 346 g/mol. The molecule has 0 aliphatic carbocycles. The molecule has 10 heteroatoms. The third-order valence-corrected chi connectivity index (χ3v) is 4.26. The average Bonchev–Trinajstić information content (AvgIpc) is 3.10. The topological polar surface area (TPSA) is 114 Å². The molecule has 0 spiro atoms. The van der Waals surface area contributed by atoms with Crippen LogP contribution in [0.5, 0.6) is 0 Å². The van der Waals surface area contributed by atoms with Gasteiger partial charge in [0.1, 0.15) is 11.4 Å². The van der Waals surface area contributed by atoms with Crippen molar-refractivity contribution >= 4 is 23.1 Å². The molecule has 138 valence electrons. The molecule has 0 saturated heterocycles. The van der Waals surface area contributed by atoms with Crippen molar-refractivity contribution in [3.63, 3.8) is 0 Å². The van der Waals surface area contributed by atoms with Crippen molar-refractivity contribution in [3.8, 4) is 11.3 Å². The second kappa shape index (κ2) is 6.63. The number of fused-ring (bicyclic) bond motifs is 3. The zero-order chi connectivity index (χ0) is 21.5. The monoisotopic (exact) mass is 368 g/mol. The zero-order valence-corrected chi connectivity index (χ0v) is 14.8. The van der Waals surface area contributed by atoms with E-state index in [0.717, 1.165) is 22.6 Å². The van der Waals surface area contributed by atoms with Gasteiger partial charge in [0.25, 0.3) is 5.91 Å². The van der Waals surface area contributed by atoms with Gasteiger partial charge < -0.3 is 15.5 Å². The highest BCUT2D eigenvalue weighted by molar-refractivity contribution is 5.99. The number of pyridine rings is 1. The Morgan fingerprint density at radius 1 is 1.33 bits per heavy atom. The molecule has 0 saturated carbocycles. The summed E-state index contributed by atoms with van der Waals surface area (Å²) in [5.41, 5.74) is 3.42. The van der Waals surface area contributed by atoms with Gasteiger partial charge in [-0.15, -0.1) is 5.10 Å². The van der Waals surface area contributed by atoms with Gasteiger partial charge in [-0.05, 0) is 19.1 Å². The molecule has 2 N–H and O–H groups in total. The number of hydrogen-bond donors (Lipinski definition) is 2. The lowest BCUT2D eigenvalue weighted by Crippen LogP contribution is -2.24. The van der Waals surface area contributed by atoms with Crippen LogP contribution < -0.4 is 15.5 Å². The lowest BCUT2D eigenvalue weighted by atomic mass is 10.0. The minimum Gasteiger partial charge on any atom is -0.365 e. The fourth-order valence-corrected chi connectivity index (χ4v) is 3.05. The summed E-state index contributed by atoms with van der Waals surface area (Å²) in [7, 11) is 1.91. The lowest BCUT2D eigenvalue weighted by molar-refractivity contribution is 0.0958. The fourth-order valence-electron chi connectivity index (χ4n) is 3.05. The molecule has 10 nitrogen and oxygen atoms in total. The molecule has 0 aromatic carbocycles. The van der Waals surface area contributed by atoms with Crippen molar-refractivity contribution < 1.29 is 8.91 Å². The van der Waals surface area contributed by atoms with E-state index in [1.54, 1.807) is 11.0 Å². The Balaban J connectivity index is 1.73. The van der Waals surface area contributed by atoms with Crippen molar-refractivity contribution in [2.45, 2.75) is 20.0 Å². The molecule has 1 amide bonds. The predicted octanol–water partition coefficient (Wildman–Crippen LogP) is 1.20. The molecule has 1 aliphatic rings. The van der Waals surface area contributed by atoms with Crippen molar-refractivity contribution in [2.75, 3.05) is 24.2 Å². The highest BCUT2D eigenvalue weighted by Gasteiger charge is 2.28. The standard InChI is InChI=1S/C17H19N9O/c1-4-26-23-12-9-25(3)15-10(13(12)24-26)5-7-19-16(15)21-11-6-8-20-22-14(11)17(27)18-2/h5-8H,4,9H2,1-3H3,(H,18,27)(H,19,20,21)/i2D3. The number of aryl methyl sites for hydroxylation is 1. The van der Waals surface area contributed by atoms with Crippen LogP contribution in [0.3, 0.4) is 0 Å². The largest absolute Gasteiger partial charge is 0.365 e. The summed E-state index contributed by atoms with van der Waals surface area (Å²) in [6.45, 7) is 0.534. The van der Waals surface area contributed by atoms with Gasteiger partial charge in [-0.25, -0.2) is 4.98 Å². The summed E-state index contributed by atoms with van der Waals surface area (Å²) in [4.78, 5) is 20.4. The molecule has 27 heavy (non-hydrogen) atoms. The van der Waals surface area contributed by atoms with Gasteiger partial charge in [0.05, 0.1) is 30.7 Å². The predicted molar refractivity (Wildman–Crippen MR) is 99.7 cm³/mol. The summed E-state index contributed by atoms with van der Waals surface area (Å²) in [5.74, 6) is -0.389. The molecule has 0 radical (unpaired) electrons. The van der Waals surface area contributed by atoms with Gasteiger partial charge >= 0.3 is 0 Å². The molecule has 4 rings (SSSR count). The summed E-state index contributed by atoms with van der Waals surface area (Å²) < 4.78 is 21.7. The second-order valence-electron chi connectivity index (χ2n) is 5.97. The summed E-state index contributed by atoms with van der Waals surface area (Å²) in [5, 5.41) is 21.6. The quantitative estimate of drug-likeness (QED) is 0.706. The van der Waals surface area contributed by atoms with Crippen molar-refractivity contribution in [1.82, 2.24) is 35.5 Å². The number of rotatable bonds is 4. The number of hydrogen-bond acceptors (Lipinski definition) is 8. The minimum atomic E-state index is -2.64. The Morgan fingerprint density at radius 3 is 3.04 bits per heavy atom. The van der Waals surface area contributed by atoms with Crippen LogP contribution in [0.1, 0.15) is 27.2 Å². The maximum atomic E-state index is 12.4. The lowest BCUT2D eigenvalue weighted by Gasteiger charge is -2.27. The molecule has 4 heterocycles. The number of carbonyl (C=O) groups is 1. The maximum Gasteiger partial charge on any atom is 0.273 e. The number of nitrogens with one attached hydrogen (secondary N) is 2. The number of anilines is 3. The van der Waals surface area contributed by atoms with Crippen LogP contribution in [-0.2, 0) is 13.1 Å². The van der Waals surface area contributed by atoms with E-state index in [0.29, 0.717) is 18.9 Å². The van der Waals surface area contributed by atoms with Gasteiger partial charge in [0.15, 0.2) is 11.5 Å². The molecule has 0 bridgehead atoms. The van der Waals surface area contributed by atoms with E-state index in [4.69, 9.17) is 4.11 Å². The number of aromatic nitrogens is 6. The molecule has 0 unspecified atom stereocenters. The maximum absolute atomic E-state index is 12.4. The van der Waals surface area contributed by atoms with Gasteiger partial charge in [-0.1, -0.05) is 0 Å². The first-order valence-electron chi connectivity index (χ1n) is 9.82. The number of nitrogens with zero attached hydrogens (tertiary/aromatic N) is 7. The van der Waals surface area contributed by atoms with E-state index in [2.05, 4.69) is 30.7 Å². The molecular formula is C17H19N9O. The minimum absolute atomic E-state index is 0.149. The van der Waals surface area contributed by atoms with Crippen LogP contribution in [0, 0.1) is 0 Å². The van der Waals surface area contributed by atoms with Crippen LogP contribution in [0.4, 0.5) is 17.2 Å². The Morgan fingerprint density at radius 2 is 2.22 bits per heavy atom. The summed E-state index contributed by atoms with van der Waals surface area (Å²) >= 11 is 0. The fraction of sp³-hybridized carbons (Fsp3) is 0.294. The zero-order valence-electron chi connectivity index (χ0n) is 17.8. The first-order chi connectivity index (χ1) is 14.3. The summed E-state index contributed by atoms with van der Waals surface area (Å²) in [6, 6.07) is 3.39. The van der Waals surface area contributed by atoms with Crippen molar-refractivity contribution in [2.24, 2.45) is 0 Å². The Hall–Kier alpha value is -3.56. The third-order valence-electron chi connectivity index (χ3n) is 4.26. The second-order valence-corrected chi connectivity index (χ2v) is 5.97. The number of carbonyl (C=O) groups excluding carboxylic acids is 1. The van der Waals surface area contributed by atoms with Gasteiger partial charge in [-0.2, -0.15) is 20.1 Å². The van der Waals surface area contributed by atoms with Crippen molar-refractivity contribution in [1.29, 1.82) is 0 Å². The average molecular weight is 368 g/mol. The van der Waals surface area contributed by atoms with Crippen LogP contribution in [-0.4, -0.2) is 50.1 Å². The van der Waals surface area contributed by atoms with Gasteiger partial charge in [-0.3, -0.25) is 4.79 Å². The van der Waals surface area contributed by atoms with E-state index >= 15 is 0 Å². The number of amides is 1. The smallest absolute Gasteiger partial charge is 0.273 e. The Kier molecular flexibility index (Phi) is 3.34. The normalized spacial score (nSPS) is 14.4. The first kappa shape index (κ1) is 13.6. The van der Waals surface area contributed by atoms with Crippen LogP contribution in [0.15, 0.2) is 24.5 Å². The molecule has 0 atom stereocenters. The third kappa shape index (κ3) is 2.84. The Labute approximate surface area is 159 Å². The first-order valence-corrected chi connectivity index (χ1v) is 8.32. The van der Waals surface area contributed by atoms with E-state index in [9.17, 15) is 4.79 Å². The SMILES string of the molecule is [2H]C([2H])([2H])NC(=O)c1nnccc1Nc1nccc2c1N(C)Cc1nn(CC)nc1-2. The van der Waals surface area contributed by atoms with E-state index in [-0.39, 0.29) is 11.4 Å². The molecule has 0 fully saturated rings. The molecule has 1 aliphatic heterocycles. The Bertz CT molecular complexity index is 1110. The van der Waals surface area contributed by atoms with Crippen LogP contribution in [0.2, 0.25) is 0 Å². The highest BCUT2D eigenvalue weighted by Crippen LogP contribution is 2.41. The van der Waals surface area contributed by atoms with E-state index < -0.39 is 12.9 Å². The highest BCUT2D eigenvalue weighted by atomic mass is 16.1.